The van der Waals surface area contributed by atoms with Crippen molar-refractivity contribution in [2.45, 2.75) is 13.5 Å². The van der Waals surface area contributed by atoms with Gasteiger partial charge >= 0.3 is 0 Å². The van der Waals surface area contributed by atoms with Crippen molar-refractivity contribution in [1.82, 2.24) is 9.55 Å². The monoisotopic (exact) mass is 238 g/mol. The fraction of sp³-hybridized carbons (Fsp3) is 0.182. The summed E-state index contributed by atoms with van der Waals surface area (Å²) in [5.41, 5.74) is 2.15. The van der Waals surface area contributed by atoms with Gasteiger partial charge in [0, 0.05) is 23.3 Å². The predicted molar refractivity (Wildman–Crippen MR) is 65.7 cm³/mol. The molecule has 0 aliphatic carbocycles. The molecule has 0 amide bonds. The standard InChI is InChI=1S/C11H11ClN2S/c1-2-14-10(7-13-11(14)15)8-4-3-5-9(12)6-8/h3-7H,2H2,1H3,(H,13,15). The molecule has 4 heteroatoms. The lowest BCUT2D eigenvalue weighted by molar-refractivity contribution is 0.757. The van der Waals surface area contributed by atoms with Crippen LogP contribution in [0.15, 0.2) is 30.5 Å². The lowest BCUT2D eigenvalue weighted by Crippen LogP contribution is -1.96. The van der Waals surface area contributed by atoms with E-state index in [4.69, 9.17) is 23.8 Å². The number of aromatic amines is 1. The zero-order valence-electron chi connectivity index (χ0n) is 8.33. The molecule has 0 aliphatic rings. The number of H-pyrrole nitrogens is 1. The van der Waals surface area contributed by atoms with Gasteiger partial charge in [0.2, 0.25) is 0 Å². The molecule has 1 N–H and O–H groups in total. The van der Waals surface area contributed by atoms with Crippen molar-refractivity contribution in [3.63, 3.8) is 0 Å². The minimum Gasteiger partial charge on any atom is -0.337 e. The molecule has 0 radical (unpaired) electrons. The third-order valence-corrected chi connectivity index (χ3v) is 2.88. The van der Waals surface area contributed by atoms with Crippen molar-refractivity contribution in [2.24, 2.45) is 0 Å². The van der Waals surface area contributed by atoms with Crippen LogP contribution in [0, 0.1) is 4.77 Å². The van der Waals surface area contributed by atoms with E-state index in [0.717, 1.165) is 27.6 Å². The number of hydrogen-bond acceptors (Lipinski definition) is 1. The fourth-order valence-electron chi connectivity index (χ4n) is 1.60. The third kappa shape index (κ3) is 1.98. The van der Waals surface area contributed by atoms with Crippen molar-refractivity contribution in [1.29, 1.82) is 0 Å². The summed E-state index contributed by atoms with van der Waals surface area (Å²) in [4.78, 5) is 3.04. The van der Waals surface area contributed by atoms with Crippen LogP contribution in [0.25, 0.3) is 11.3 Å². The molecule has 0 aliphatic heterocycles. The molecule has 0 fully saturated rings. The van der Waals surface area contributed by atoms with Gasteiger partial charge in [-0.25, -0.2) is 0 Å². The highest BCUT2D eigenvalue weighted by Gasteiger charge is 2.04. The minimum absolute atomic E-state index is 0.738. The van der Waals surface area contributed by atoms with Crippen LogP contribution in [-0.2, 0) is 6.54 Å². The van der Waals surface area contributed by atoms with Crippen molar-refractivity contribution in [3.05, 3.63) is 40.3 Å². The van der Waals surface area contributed by atoms with Crippen LogP contribution in [-0.4, -0.2) is 9.55 Å². The lowest BCUT2D eigenvalue weighted by Gasteiger charge is -2.05. The Labute approximate surface area is 98.5 Å². The van der Waals surface area contributed by atoms with E-state index in [1.54, 1.807) is 0 Å². The first-order chi connectivity index (χ1) is 7.22. The van der Waals surface area contributed by atoms with Crippen molar-refractivity contribution in [2.75, 3.05) is 0 Å². The summed E-state index contributed by atoms with van der Waals surface area (Å²) >= 11 is 11.1. The smallest absolute Gasteiger partial charge is 0.177 e. The first kappa shape index (κ1) is 10.5. The molecule has 78 valence electrons. The van der Waals surface area contributed by atoms with Crippen molar-refractivity contribution in [3.8, 4) is 11.3 Å². The molecular formula is C11H11ClN2S. The van der Waals surface area contributed by atoms with E-state index in [0.29, 0.717) is 0 Å². The van der Waals surface area contributed by atoms with Gasteiger partial charge in [-0.2, -0.15) is 0 Å². The van der Waals surface area contributed by atoms with E-state index in [1.807, 2.05) is 35.0 Å². The summed E-state index contributed by atoms with van der Waals surface area (Å²) in [6, 6.07) is 7.76. The van der Waals surface area contributed by atoms with Gasteiger partial charge in [0.25, 0.3) is 0 Å². The second kappa shape index (κ2) is 4.21. The highest BCUT2D eigenvalue weighted by atomic mass is 35.5. The average molecular weight is 239 g/mol. The Hall–Kier alpha value is -1.06. The molecule has 0 bridgehead atoms. The summed E-state index contributed by atoms with van der Waals surface area (Å²) in [5, 5.41) is 0.738. The second-order valence-corrected chi connectivity index (χ2v) is 4.06. The number of benzene rings is 1. The number of hydrogen-bond donors (Lipinski definition) is 1. The molecule has 0 saturated heterocycles. The molecule has 2 rings (SSSR count). The summed E-state index contributed by atoms with van der Waals surface area (Å²) in [5.74, 6) is 0. The summed E-state index contributed by atoms with van der Waals surface area (Å²) < 4.78 is 2.79. The van der Waals surface area contributed by atoms with Crippen LogP contribution in [0.3, 0.4) is 0 Å². The van der Waals surface area contributed by atoms with Crippen LogP contribution >= 0.6 is 23.8 Å². The Morgan fingerprint density at radius 2 is 2.27 bits per heavy atom. The van der Waals surface area contributed by atoms with E-state index in [1.165, 1.54) is 0 Å². The number of halogens is 1. The molecule has 0 saturated carbocycles. The molecule has 0 spiro atoms. The lowest BCUT2D eigenvalue weighted by atomic mass is 10.2. The second-order valence-electron chi connectivity index (χ2n) is 3.23. The average Bonchev–Trinajstić information content (AvgIpc) is 2.59. The zero-order valence-corrected chi connectivity index (χ0v) is 9.90. The molecule has 2 nitrogen and oxygen atoms in total. The zero-order chi connectivity index (χ0) is 10.8. The maximum absolute atomic E-state index is 5.95. The van der Waals surface area contributed by atoms with Gasteiger partial charge in [-0.15, -0.1) is 0 Å². The Balaban J connectivity index is 2.59. The fourth-order valence-corrected chi connectivity index (χ4v) is 2.07. The molecule has 0 atom stereocenters. The van der Waals surface area contributed by atoms with Crippen LogP contribution in [0.1, 0.15) is 6.92 Å². The maximum atomic E-state index is 5.95. The molecule has 1 aromatic heterocycles. The molecule has 1 heterocycles. The Kier molecular flexibility index (Phi) is 2.93. The van der Waals surface area contributed by atoms with Gasteiger partial charge in [0.15, 0.2) is 4.77 Å². The van der Waals surface area contributed by atoms with Crippen LogP contribution < -0.4 is 0 Å². The van der Waals surface area contributed by atoms with Gasteiger partial charge in [0.1, 0.15) is 0 Å². The van der Waals surface area contributed by atoms with Crippen LogP contribution in [0.4, 0.5) is 0 Å². The molecule has 0 unspecified atom stereocenters. The number of nitrogens with zero attached hydrogens (tertiary/aromatic N) is 1. The van der Waals surface area contributed by atoms with Crippen LogP contribution in [0.5, 0.6) is 0 Å². The molecule has 15 heavy (non-hydrogen) atoms. The molecular weight excluding hydrogens is 228 g/mol. The van der Waals surface area contributed by atoms with Crippen molar-refractivity contribution < 1.29 is 0 Å². The normalized spacial score (nSPS) is 10.5. The van der Waals surface area contributed by atoms with Gasteiger partial charge < -0.3 is 9.55 Å². The van der Waals surface area contributed by atoms with Gasteiger partial charge in [0.05, 0.1) is 5.69 Å². The topological polar surface area (TPSA) is 20.7 Å². The first-order valence-corrected chi connectivity index (χ1v) is 5.55. The van der Waals surface area contributed by atoms with E-state index < -0.39 is 0 Å². The molecule has 2 aromatic rings. The Morgan fingerprint density at radius 3 is 2.93 bits per heavy atom. The van der Waals surface area contributed by atoms with E-state index in [-0.39, 0.29) is 0 Å². The summed E-state index contributed by atoms with van der Waals surface area (Å²) in [7, 11) is 0. The maximum Gasteiger partial charge on any atom is 0.177 e. The Morgan fingerprint density at radius 1 is 1.47 bits per heavy atom. The number of aromatic nitrogens is 2. The van der Waals surface area contributed by atoms with E-state index >= 15 is 0 Å². The van der Waals surface area contributed by atoms with Gasteiger partial charge in [-0.1, -0.05) is 23.7 Å². The van der Waals surface area contributed by atoms with Crippen LogP contribution in [0.2, 0.25) is 5.02 Å². The third-order valence-electron chi connectivity index (χ3n) is 2.30. The highest BCUT2D eigenvalue weighted by molar-refractivity contribution is 7.71. The number of nitrogens with one attached hydrogen (secondary N) is 1. The van der Waals surface area contributed by atoms with Gasteiger partial charge in [-0.3, -0.25) is 0 Å². The minimum atomic E-state index is 0.738. The summed E-state index contributed by atoms with van der Waals surface area (Å²) in [6.07, 6.45) is 1.91. The largest absolute Gasteiger partial charge is 0.337 e. The van der Waals surface area contributed by atoms with Gasteiger partial charge in [-0.05, 0) is 31.3 Å². The predicted octanol–water partition coefficient (Wildman–Crippen LogP) is 3.89. The highest BCUT2D eigenvalue weighted by Crippen LogP contribution is 2.22. The molecule has 1 aromatic carbocycles. The quantitative estimate of drug-likeness (QED) is 0.788. The summed E-state index contributed by atoms with van der Waals surface area (Å²) in [6.45, 7) is 2.92. The number of rotatable bonds is 2. The first-order valence-electron chi connectivity index (χ1n) is 4.76. The van der Waals surface area contributed by atoms with E-state index in [2.05, 4.69) is 11.9 Å². The number of imidazole rings is 1. The van der Waals surface area contributed by atoms with E-state index in [9.17, 15) is 0 Å². The SMILES string of the molecule is CCn1c(-c2cccc(Cl)c2)c[nH]c1=S. The Bertz CT molecular complexity index is 527. The van der Waals surface area contributed by atoms with Crippen molar-refractivity contribution >= 4 is 23.8 Å².